The molecule has 0 radical (unpaired) electrons. The largest absolute Gasteiger partial charge is 0.488 e. The maximum atomic E-state index is 14.4. The number of halogens is 2. The zero-order valence-corrected chi connectivity index (χ0v) is 21.2. The Morgan fingerprint density at radius 2 is 1.97 bits per heavy atom. The van der Waals surface area contributed by atoms with Gasteiger partial charge in [0.2, 0.25) is 11.8 Å². The molecule has 194 valence electrons. The highest BCUT2D eigenvalue weighted by Crippen LogP contribution is 2.42. The van der Waals surface area contributed by atoms with Crippen LogP contribution in [0.4, 0.5) is 10.2 Å². The van der Waals surface area contributed by atoms with Crippen molar-refractivity contribution in [3.8, 4) is 17.0 Å². The number of aryl methyl sites for hydroxylation is 1. The zero-order valence-electron chi connectivity index (χ0n) is 20.4. The summed E-state index contributed by atoms with van der Waals surface area (Å²) in [6, 6.07) is 11.3. The van der Waals surface area contributed by atoms with Gasteiger partial charge in [0.05, 0.1) is 23.8 Å². The molecule has 2 aromatic carbocycles. The predicted octanol–water partition coefficient (Wildman–Crippen LogP) is 3.77. The first kappa shape index (κ1) is 25.2. The van der Waals surface area contributed by atoms with Crippen molar-refractivity contribution in [2.24, 2.45) is 7.05 Å². The van der Waals surface area contributed by atoms with E-state index in [2.05, 4.69) is 10.4 Å². The average Bonchev–Trinajstić information content (AvgIpc) is 3.21. The van der Waals surface area contributed by atoms with Crippen molar-refractivity contribution in [1.82, 2.24) is 15.1 Å². The van der Waals surface area contributed by atoms with Crippen molar-refractivity contribution in [2.75, 3.05) is 11.4 Å². The van der Waals surface area contributed by atoms with Crippen LogP contribution in [0.5, 0.6) is 5.75 Å². The summed E-state index contributed by atoms with van der Waals surface area (Å²) in [6.07, 6.45) is 2.00. The van der Waals surface area contributed by atoms with Crippen LogP contribution in [0, 0.1) is 5.82 Å². The van der Waals surface area contributed by atoms with Gasteiger partial charge in [-0.1, -0.05) is 29.8 Å². The molecule has 0 saturated heterocycles. The van der Waals surface area contributed by atoms with E-state index in [0.717, 1.165) is 11.3 Å². The van der Waals surface area contributed by atoms with Gasteiger partial charge >= 0.3 is 0 Å². The second kappa shape index (κ2) is 10.5. The highest BCUT2D eigenvalue weighted by molar-refractivity contribution is 6.31. The SMILES string of the molecule is Cn1nc(N(CC(=O)NC2CCC(O)CC2)C(=O)Cc2ccccc2F)c2c1-c1cc(Cl)ccc1OC2. The van der Waals surface area contributed by atoms with E-state index in [0.29, 0.717) is 47.8 Å². The van der Waals surface area contributed by atoms with Crippen LogP contribution in [0.2, 0.25) is 5.02 Å². The highest BCUT2D eigenvalue weighted by atomic mass is 35.5. The topological polar surface area (TPSA) is 96.7 Å². The maximum Gasteiger partial charge on any atom is 0.240 e. The van der Waals surface area contributed by atoms with Gasteiger partial charge < -0.3 is 15.2 Å². The predicted molar refractivity (Wildman–Crippen MR) is 137 cm³/mol. The molecule has 2 aliphatic rings. The second-order valence-corrected chi connectivity index (χ2v) is 9.96. The molecule has 0 bridgehead atoms. The fourth-order valence-corrected chi connectivity index (χ4v) is 5.19. The number of anilines is 1. The zero-order chi connectivity index (χ0) is 26.1. The number of aliphatic hydroxyl groups is 1. The molecule has 2 N–H and O–H groups in total. The summed E-state index contributed by atoms with van der Waals surface area (Å²) < 4.78 is 22.0. The molecule has 0 atom stereocenters. The standard InChI is InChI=1S/C27H28ClFN4O4/c1-32-26-20-13-17(28)6-11-23(20)37-15-21(26)27(31-32)33(25(36)12-16-4-2-3-5-22(16)29)14-24(35)30-18-7-9-19(34)10-8-18/h2-6,11,13,18-19,34H,7-10,12,14-15H2,1H3,(H,30,35). The van der Waals surface area contributed by atoms with Gasteiger partial charge in [-0.3, -0.25) is 19.2 Å². The Bertz CT molecular complexity index is 1340. The van der Waals surface area contributed by atoms with Gasteiger partial charge in [-0.15, -0.1) is 0 Å². The molecule has 1 saturated carbocycles. The molecular formula is C27H28ClFN4O4. The van der Waals surface area contributed by atoms with Gasteiger partial charge in [-0.2, -0.15) is 5.10 Å². The van der Waals surface area contributed by atoms with Gasteiger partial charge in [0, 0.05) is 23.7 Å². The lowest BCUT2D eigenvalue weighted by molar-refractivity contribution is -0.124. The van der Waals surface area contributed by atoms with E-state index in [4.69, 9.17) is 16.3 Å². The van der Waals surface area contributed by atoms with Crippen molar-refractivity contribution in [2.45, 2.75) is 50.9 Å². The number of amides is 2. The number of carbonyl (C=O) groups is 2. The van der Waals surface area contributed by atoms with Crippen LogP contribution in [0.25, 0.3) is 11.3 Å². The lowest BCUT2D eigenvalue weighted by Gasteiger charge is -2.28. The van der Waals surface area contributed by atoms with Crippen molar-refractivity contribution in [3.63, 3.8) is 0 Å². The third-order valence-electron chi connectivity index (χ3n) is 6.91. The van der Waals surface area contributed by atoms with Gasteiger partial charge in [0.1, 0.15) is 24.7 Å². The maximum absolute atomic E-state index is 14.4. The number of nitrogens with one attached hydrogen (secondary N) is 1. The number of hydrogen-bond donors (Lipinski definition) is 2. The molecule has 0 spiro atoms. The Hall–Kier alpha value is -3.43. The number of aromatic nitrogens is 2. The number of aliphatic hydroxyl groups excluding tert-OH is 1. The summed E-state index contributed by atoms with van der Waals surface area (Å²) in [5.41, 5.74) is 2.36. The van der Waals surface area contributed by atoms with Crippen LogP contribution in [0.15, 0.2) is 42.5 Å². The fraction of sp³-hybridized carbons (Fsp3) is 0.370. The molecule has 8 nitrogen and oxygen atoms in total. The Balaban J connectivity index is 1.47. The van der Waals surface area contributed by atoms with Gasteiger partial charge in [0.15, 0.2) is 5.82 Å². The Morgan fingerprint density at radius 1 is 1.22 bits per heavy atom. The molecule has 1 fully saturated rings. The Morgan fingerprint density at radius 3 is 2.73 bits per heavy atom. The number of hydrogen-bond acceptors (Lipinski definition) is 5. The van der Waals surface area contributed by atoms with E-state index in [-0.39, 0.29) is 43.2 Å². The minimum absolute atomic E-state index is 0.0746. The number of benzene rings is 2. The van der Waals surface area contributed by atoms with E-state index >= 15 is 0 Å². The van der Waals surface area contributed by atoms with Crippen molar-refractivity contribution < 1.29 is 23.8 Å². The molecule has 3 aromatic rings. The lowest BCUT2D eigenvalue weighted by Crippen LogP contribution is -2.46. The second-order valence-electron chi connectivity index (χ2n) is 9.52. The first-order valence-corrected chi connectivity index (χ1v) is 12.7. The van der Waals surface area contributed by atoms with E-state index in [1.165, 1.54) is 11.0 Å². The first-order valence-electron chi connectivity index (χ1n) is 12.3. The van der Waals surface area contributed by atoms with Crippen molar-refractivity contribution in [3.05, 3.63) is 64.4 Å². The van der Waals surface area contributed by atoms with Gasteiger partial charge in [-0.05, 0) is 55.5 Å². The molecule has 37 heavy (non-hydrogen) atoms. The van der Waals surface area contributed by atoms with E-state index in [1.54, 1.807) is 48.1 Å². The molecule has 2 amide bonds. The normalized spacial score (nSPS) is 18.4. The quantitative estimate of drug-likeness (QED) is 0.510. The number of rotatable bonds is 6. The molecular weight excluding hydrogens is 499 g/mol. The highest BCUT2D eigenvalue weighted by Gasteiger charge is 2.32. The molecule has 10 heteroatoms. The van der Waals surface area contributed by atoms with Crippen LogP contribution < -0.4 is 15.0 Å². The summed E-state index contributed by atoms with van der Waals surface area (Å²) in [6.45, 7) is -0.128. The van der Waals surface area contributed by atoms with Crippen LogP contribution in [0.3, 0.4) is 0 Å². The van der Waals surface area contributed by atoms with E-state index in [1.807, 2.05) is 0 Å². The minimum atomic E-state index is -0.490. The van der Waals surface area contributed by atoms with Crippen LogP contribution in [-0.4, -0.2) is 45.4 Å². The van der Waals surface area contributed by atoms with Gasteiger partial charge in [0.25, 0.3) is 0 Å². The van der Waals surface area contributed by atoms with E-state index < -0.39 is 11.7 Å². The summed E-state index contributed by atoms with van der Waals surface area (Å²) in [5, 5.41) is 17.9. The molecule has 1 aliphatic carbocycles. The fourth-order valence-electron chi connectivity index (χ4n) is 5.02. The molecule has 1 aromatic heterocycles. The summed E-state index contributed by atoms with van der Waals surface area (Å²) in [7, 11) is 1.76. The Kier molecular flexibility index (Phi) is 7.17. The third kappa shape index (κ3) is 5.33. The smallest absolute Gasteiger partial charge is 0.240 e. The molecule has 1 aliphatic heterocycles. The summed E-state index contributed by atoms with van der Waals surface area (Å²) in [5.74, 6) is -0.359. The number of carbonyl (C=O) groups excluding carboxylic acids is 2. The third-order valence-corrected chi connectivity index (χ3v) is 7.15. The molecule has 5 rings (SSSR count). The minimum Gasteiger partial charge on any atom is -0.488 e. The number of ether oxygens (including phenoxy) is 1. The monoisotopic (exact) mass is 526 g/mol. The average molecular weight is 527 g/mol. The summed E-state index contributed by atoms with van der Waals surface area (Å²) in [4.78, 5) is 28.0. The van der Waals surface area contributed by atoms with E-state index in [9.17, 15) is 19.1 Å². The summed E-state index contributed by atoms with van der Waals surface area (Å²) >= 11 is 6.24. The van der Waals surface area contributed by atoms with Crippen LogP contribution in [0.1, 0.15) is 36.8 Å². The number of nitrogens with zero attached hydrogens (tertiary/aromatic N) is 3. The lowest BCUT2D eigenvalue weighted by atomic mass is 9.93. The van der Waals surface area contributed by atoms with Gasteiger partial charge in [-0.25, -0.2) is 4.39 Å². The first-order chi connectivity index (χ1) is 17.8. The van der Waals surface area contributed by atoms with Crippen molar-refractivity contribution >= 4 is 29.2 Å². The number of fused-ring (bicyclic) bond motifs is 3. The molecule has 2 heterocycles. The van der Waals surface area contributed by atoms with Crippen molar-refractivity contribution in [1.29, 1.82) is 0 Å². The van der Waals surface area contributed by atoms with Crippen LogP contribution >= 0.6 is 11.6 Å². The molecule has 0 unspecified atom stereocenters. The van der Waals surface area contributed by atoms with Crippen LogP contribution in [-0.2, 0) is 29.7 Å². The Labute approximate surface area is 219 Å².